The molecule has 0 amide bonds. The molecule has 46 heavy (non-hydrogen) atoms. The molecule has 0 radical (unpaired) electrons. The van der Waals surface area contributed by atoms with Crippen molar-refractivity contribution < 1.29 is 0 Å². The van der Waals surface area contributed by atoms with E-state index in [9.17, 15) is 0 Å². The molecule has 9 aromatic rings. The van der Waals surface area contributed by atoms with Gasteiger partial charge >= 0.3 is 0 Å². The van der Waals surface area contributed by atoms with E-state index in [1.807, 2.05) is 12.1 Å². The van der Waals surface area contributed by atoms with Crippen molar-refractivity contribution in [3.8, 4) is 44.8 Å². The number of hydrogen-bond donors (Lipinski definition) is 0. The molecule has 0 saturated carbocycles. The summed E-state index contributed by atoms with van der Waals surface area (Å²) in [5.74, 6) is 0. The third kappa shape index (κ3) is 4.43. The van der Waals surface area contributed by atoms with Gasteiger partial charge in [0.05, 0.1) is 22.4 Å². The summed E-state index contributed by atoms with van der Waals surface area (Å²) in [4.78, 5) is 10.1. The standard InChI is InChI=1S/C44H28N2/c1-3-13-31(14-4-1)43-35-23-19-34(42-26-22-30-12-8-10-18-40(30)46-42)28-38(35)44(32-15-5-2-6-16-32)36-24-20-33(27-37(36)43)41-25-21-29-11-7-9-17-39(29)45-41/h1-28H. The lowest BCUT2D eigenvalue weighted by molar-refractivity contribution is 1.40. The molecule has 0 aliphatic carbocycles. The Balaban J connectivity index is 1.37. The van der Waals surface area contributed by atoms with Gasteiger partial charge in [-0.05, 0) is 80.2 Å². The van der Waals surface area contributed by atoms with Gasteiger partial charge in [-0.2, -0.15) is 0 Å². The van der Waals surface area contributed by atoms with Gasteiger partial charge in [0, 0.05) is 21.9 Å². The molecule has 0 aliphatic heterocycles. The lowest BCUT2D eigenvalue weighted by Gasteiger charge is -2.19. The number of hydrogen-bond acceptors (Lipinski definition) is 2. The Morgan fingerprint density at radius 1 is 0.283 bits per heavy atom. The third-order valence-corrected chi connectivity index (χ3v) is 9.03. The minimum Gasteiger partial charge on any atom is -0.248 e. The molecule has 0 saturated heterocycles. The van der Waals surface area contributed by atoms with Crippen molar-refractivity contribution in [2.24, 2.45) is 0 Å². The first-order valence-electron chi connectivity index (χ1n) is 15.7. The van der Waals surface area contributed by atoms with Crippen LogP contribution in [0.5, 0.6) is 0 Å². The van der Waals surface area contributed by atoms with Gasteiger partial charge in [-0.1, -0.05) is 133 Å². The summed E-state index contributed by atoms with van der Waals surface area (Å²) in [6.07, 6.45) is 0. The molecule has 9 rings (SSSR count). The van der Waals surface area contributed by atoms with Crippen molar-refractivity contribution in [1.82, 2.24) is 9.97 Å². The van der Waals surface area contributed by atoms with E-state index in [1.54, 1.807) is 0 Å². The van der Waals surface area contributed by atoms with Crippen molar-refractivity contribution >= 4 is 43.4 Å². The minimum atomic E-state index is 0.971. The van der Waals surface area contributed by atoms with Crippen LogP contribution in [-0.2, 0) is 0 Å². The van der Waals surface area contributed by atoms with E-state index < -0.39 is 0 Å². The summed E-state index contributed by atoms with van der Waals surface area (Å²) in [7, 11) is 0. The Bertz CT molecular complexity index is 2390. The van der Waals surface area contributed by atoms with Gasteiger partial charge < -0.3 is 0 Å². The van der Waals surface area contributed by atoms with Crippen LogP contribution in [0, 0.1) is 0 Å². The predicted molar refractivity (Wildman–Crippen MR) is 194 cm³/mol. The average molecular weight is 585 g/mol. The first kappa shape index (κ1) is 26.3. The van der Waals surface area contributed by atoms with E-state index in [0.29, 0.717) is 0 Å². The number of pyridine rings is 2. The molecule has 0 aliphatic rings. The zero-order chi connectivity index (χ0) is 30.5. The van der Waals surface area contributed by atoms with Gasteiger partial charge in [-0.3, -0.25) is 0 Å². The van der Waals surface area contributed by atoms with Crippen molar-refractivity contribution in [1.29, 1.82) is 0 Å². The van der Waals surface area contributed by atoms with Crippen LogP contribution in [0.1, 0.15) is 0 Å². The molecule has 0 atom stereocenters. The quantitative estimate of drug-likeness (QED) is 0.192. The van der Waals surface area contributed by atoms with Gasteiger partial charge in [0.15, 0.2) is 0 Å². The largest absolute Gasteiger partial charge is 0.248 e. The van der Waals surface area contributed by atoms with E-state index in [2.05, 4.69) is 158 Å². The fraction of sp³-hybridized carbons (Fsp3) is 0. The van der Waals surface area contributed by atoms with Gasteiger partial charge in [-0.15, -0.1) is 0 Å². The Morgan fingerprint density at radius 3 is 1.15 bits per heavy atom. The highest BCUT2D eigenvalue weighted by molar-refractivity contribution is 6.22. The van der Waals surface area contributed by atoms with Crippen LogP contribution in [0.25, 0.3) is 88.1 Å². The first-order valence-corrected chi connectivity index (χ1v) is 15.7. The normalized spacial score (nSPS) is 11.5. The molecule has 0 fully saturated rings. The summed E-state index contributed by atoms with van der Waals surface area (Å²) in [6.45, 7) is 0. The molecule has 0 unspecified atom stereocenters. The van der Waals surface area contributed by atoms with Crippen LogP contribution >= 0.6 is 0 Å². The fourth-order valence-corrected chi connectivity index (χ4v) is 6.83. The second-order valence-electron chi connectivity index (χ2n) is 11.8. The highest BCUT2D eigenvalue weighted by Crippen LogP contribution is 2.45. The van der Waals surface area contributed by atoms with Crippen LogP contribution in [0.2, 0.25) is 0 Å². The maximum Gasteiger partial charge on any atom is 0.0709 e. The van der Waals surface area contributed by atoms with Crippen LogP contribution in [0.15, 0.2) is 170 Å². The molecule has 0 N–H and O–H groups in total. The zero-order valence-electron chi connectivity index (χ0n) is 25.1. The van der Waals surface area contributed by atoms with Crippen LogP contribution in [-0.4, -0.2) is 9.97 Å². The summed E-state index contributed by atoms with van der Waals surface area (Å²) in [5.41, 5.74) is 11.0. The van der Waals surface area contributed by atoms with E-state index in [1.165, 1.54) is 43.8 Å². The minimum absolute atomic E-state index is 0.971. The van der Waals surface area contributed by atoms with E-state index in [-0.39, 0.29) is 0 Å². The van der Waals surface area contributed by atoms with Crippen LogP contribution < -0.4 is 0 Å². The molecule has 214 valence electrons. The predicted octanol–water partition coefficient (Wildman–Crippen LogP) is 11.8. The van der Waals surface area contributed by atoms with Gasteiger partial charge in [-0.25, -0.2) is 9.97 Å². The number of benzene rings is 7. The summed E-state index contributed by atoms with van der Waals surface area (Å²) < 4.78 is 0. The molecular weight excluding hydrogens is 556 g/mol. The topological polar surface area (TPSA) is 25.8 Å². The monoisotopic (exact) mass is 584 g/mol. The molecule has 0 spiro atoms. The Hall–Kier alpha value is -6.12. The highest BCUT2D eigenvalue weighted by Gasteiger charge is 2.19. The van der Waals surface area contributed by atoms with Crippen molar-refractivity contribution in [3.63, 3.8) is 0 Å². The van der Waals surface area contributed by atoms with E-state index in [4.69, 9.17) is 9.97 Å². The zero-order valence-corrected chi connectivity index (χ0v) is 25.1. The van der Waals surface area contributed by atoms with E-state index in [0.717, 1.165) is 44.3 Å². The van der Waals surface area contributed by atoms with E-state index >= 15 is 0 Å². The maximum atomic E-state index is 5.06. The molecule has 2 heterocycles. The number of rotatable bonds is 4. The van der Waals surface area contributed by atoms with Gasteiger partial charge in [0.1, 0.15) is 0 Å². The maximum absolute atomic E-state index is 5.06. The number of nitrogens with zero attached hydrogens (tertiary/aromatic N) is 2. The Kier molecular flexibility index (Phi) is 6.17. The Labute approximate surface area is 267 Å². The highest BCUT2D eigenvalue weighted by atomic mass is 14.7. The molecule has 0 bridgehead atoms. The average Bonchev–Trinajstić information content (AvgIpc) is 3.13. The number of para-hydroxylation sites is 2. The van der Waals surface area contributed by atoms with Crippen LogP contribution in [0.4, 0.5) is 0 Å². The van der Waals surface area contributed by atoms with Crippen LogP contribution in [0.3, 0.4) is 0 Å². The fourth-order valence-electron chi connectivity index (χ4n) is 6.83. The van der Waals surface area contributed by atoms with Crippen molar-refractivity contribution in [2.75, 3.05) is 0 Å². The number of fused-ring (bicyclic) bond motifs is 4. The molecule has 2 nitrogen and oxygen atoms in total. The summed E-state index contributed by atoms with van der Waals surface area (Å²) in [6, 6.07) is 60.4. The smallest absolute Gasteiger partial charge is 0.0709 e. The SMILES string of the molecule is c1ccc(-c2c3ccc(-c4ccc5ccccc5n4)cc3c(-c3ccccc3)c3ccc(-c4ccc5ccccc5n4)cc23)cc1. The molecular formula is C44H28N2. The lowest BCUT2D eigenvalue weighted by Crippen LogP contribution is -1.93. The van der Waals surface area contributed by atoms with Crippen molar-refractivity contribution in [2.45, 2.75) is 0 Å². The molecule has 2 heteroatoms. The summed E-state index contributed by atoms with van der Waals surface area (Å²) >= 11 is 0. The first-order chi connectivity index (χ1) is 22.8. The molecule has 2 aromatic heterocycles. The lowest BCUT2D eigenvalue weighted by atomic mass is 9.84. The summed E-state index contributed by atoms with van der Waals surface area (Å²) in [5, 5.41) is 7.14. The van der Waals surface area contributed by atoms with Gasteiger partial charge in [0.25, 0.3) is 0 Å². The Morgan fingerprint density at radius 2 is 0.696 bits per heavy atom. The number of aromatic nitrogens is 2. The van der Waals surface area contributed by atoms with Gasteiger partial charge in [0.2, 0.25) is 0 Å². The second-order valence-corrected chi connectivity index (χ2v) is 11.8. The second kappa shape index (κ2) is 10.8. The van der Waals surface area contributed by atoms with Crippen molar-refractivity contribution in [3.05, 3.63) is 170 Å². The third-order valence-electron chi connectivity index (χ3n) is 9.03. The molecule has 7 aromatic carbocycles.